The highest BCUT2D eigenvalue weighted by atomic mass is 32.2. The van der Waals surface area contributed by atoms with E-state index in [-0.39, 0.29) is 4.75 Å². The Hall–Kier alpha value is 0.110. The molecule has 13 heavy (non-hydrogen) atoms. The number of hydrogen-bond donors (Lipinski definition) is 1. The van der Waals surface area contributed by atoms with Crippen LogP contribution in [0.15, 0.2) is 0 Å². The zero-order valence-electron chi connectivity index (χ0n) is 8.88. The van der Waals surface area contributed by atoms with E-state index in [1.54, 1.807) is 0 Å². The van der Waals surface area contributed by atoms with Crippen LogP contribution in [-0.4, -0.2) is 8.96 Å². The van der Waals surface area contributed by atoms with Gasteiger partial charge >= 0.3 is 0 Å². The lowest BCUT2D eigenvalue weighted by molar-refractivity contribution is 0.200. The smallest absolute Gasteiger partial charge is 0.0945 e. The van der Waals surface area contributed by atoms with E-state index in [0.717, 1.165) is 12.3 Å². The van der Waals surface area contributed by atoms with Gasteiger partial charge in [-0.25, -0.2) is 4.21 Å². The van der Waals surface area contributed by atoms with Crippen LogP contribution in [0.25, 0.3) is 0 Å². The molecule has 0 aromatic heterocycles. The van der Waals surface area contributed by atoms with Crippen molar-refractivity contribution in [2.75, 3.05) is 0 Å². The van der Waals surface area contributed by atoms with Gasteiger partial charge in [0.25, 0.3) is 0 Å². The van der Waals surface area contributed by atoms with E-state index in [1.165, 1.54) is 19.3 Å². The summed E-state index contributed by atoms with van der Waals surface area (Å²) in [5, 5.41) is 5.45. The molecule has 1 aliphatic rings. The highest BCUT2D eigenvalue weighted by Crippen LogP contribution is 2.37. The van der Waals surface area contributed by atoms with Crippen LogP contribution in [0.3, 0.4) is 0 Å². The van der Waals surface area contributed by atoms with Crippen molar-refractivity contribution in [3.8, 4) is 0 Å². The molecule has 1 fully saturated rings. The summed E-state index contributed by atoms with van der Waals surface area (Å²) in [6.45, 7) is 6.26. The second kappa shape index (κ2) is 4.09. The third-order valence-electron chi connectivity index (χ3n) is 3.31. The molecule has 78 valence electrons. The molecule has 1 unspecified atom stereocenters. The number of hydrogen-bond acceptors (Lipinski definition) is 1. The van der Waals surface area contributed by atoms with Gasteiger partial charge in [-0.05, 0) is 32.1 Å². The van der Waals surface area contributed by atoms with Gasteiger partial charge in [-0.3, -0.25) is 5.14 Å². The van der Waals surface area contributed by atoms with Crippen LogP contribution in [0, 0.1) is 11.8 Å². The Morgan fingerprint density at radius 2 is 2.08 bits per heavy atom. The average molecular weight is 203 g/mol. The van der Waals surface area contributed by atoms with Gasteiger partial charge in [0.05, 0.1) is 15.7 Å². The molecule has 1 aliphatic carbocycles. The molecule has 0 heterocycles. The molecule has 3 heteroatoms. The van der Waals surface area contributed by atoms with E-state index in [4.69, 9.17) is 5.14 Å². The van der Waals surface area contributed by atoms with E-state index in [0.29, 0.717) is 5.92 Å². The van der Waals surface area contributed by atoms with E-state index in [2.05, 4.69) is 6.92 Å². The van der Waals surface area contributed by atoms with E-state index in [1.807, 2.05) is 13.8 Å². The first-order valence-corrected chi connectivity index (χ1v) is 6.31. The Morgan fingerprint density at radius 3 is 2.38 bits per heavy atom. The summed E-state index contributed by atoms with van der Waals surface area (Å²) in [7, 11) is -1.19. The number of nitrogens with two attached hydrogens (primary N) is 1. The molecule has 1 rings (SSSR count). The molecule has 0 saturated heterocycles. The lowest BCUT2D eigenvalue weighted by Crippen LogP contribution is -2.36. The topological polar surface area (TPSA) is 43.1 Å². The number of rotatable bonds is 4. The van der Waals surface area contributed by atoms with E-state index >= 15 is 0 Å². The van der Waals surface area contributed by atoms with Crippen molar-refractivity contribution in [2.24, 2.45) is 17.0 Å². The van der Waals surface area contributed by atoms with Crippen LogP contribution < -0.4 is 5.14 Å². The van der Waals surface area contributed by atoms with E-state index in [9.17, 15) is 4.21 Å². The fourth-order valence-corrected chi connectivity index (χ4v) is 2.46. The standard InChI is InChI=1S/C10H21NOS/c1-8(9-5-4-6-9)7-10(2,3)13(11)12/h8-9H,4-7,11H2,1-3H3/t8-,13?/m0/s1. The van der Waals surface area contributed by atoms with Crippen molar-refractivity contribution in [1.82, 2.24) is 0 Å². The Balaban J connectivity index is 2.41. The van der Waals surface area contributed by atoms with Gasteiger partial charge in [0.15, 0.2) is 0 Å². The first kappa shape index (κ1) is 11.2. The van der Waals surface area contributed by atoms with Gasteiger partial charge in [-0.1, -0.05) is 26.2 Å². The molecule has 1 saturated carbocycles. The Kier molecular flexibility index (Phi) is 3.52. The Morgan fingerprint density at radius 1 is 1.54 bits per heavy atom. The van der Waals surface area contributed by atoms with Crippen molar-refractivity contribution in [2.45, 2.75) is 51.2 Å². The van der Waals surface area contributed by atoms with Crippen molar-refractivity contribution in [1.29, 1.82) is 0 Å². The minimum atomic E-state index is -1.19. The molecule has 0 aromatic carbocycles. The summed E-state index contributed by atoms with van der Waals surface area (Å²) in [5.41, 5.74) is 0. The molecule has 0 amide bonds. The van der Waals surface area contributed by atoms with Gasteiger partial charge < -0.3 is 0 Å². The predicted molar refractivity (Wildman–Crippen MR) is 57.5 cm³/mol. The zero-order valence-corrected chi connectivity index (χ0v) is 9.69. The molecule has 0 radical (unpaired) electrons. The molecule has 0 aliphatic heterocycles. The quantitative estimate of drug-likeness (QED) is 0.748. The maximum absolute atomic E-state index is 11.2. The maximum Gasteiger partial charge on any atom is 0.0945 e. The summed E-state index contributed by atoms with van der Waals surface area (Å²) in [4.78, 5) is 0. The first-order valence-electron chi connectivity index (χ1n) is 5.10. The summed E-state index contributed by atoms with van der Waals surface area (Å²) in [5.74, 6) is 1.54. The first-order chi connectivity index (χ1) is 5.93. The zero-order chi connectivity index (χ0) is 10.1. The van der Waals surface area contributed by atoms with E-state index < -0.39 is 11.0 Å². The van der Waals surface area contributed by atoms with Crippen LogP contribution in [0.1, 0.15) is 46.5 Å². The lowest BCUT2D eigenvalue weighted by Gasteiger charge is -2.35. The molecule has 0 bridgehead atoms. The molecule has 0 spiro atoms. The second-order valence-electron chi connectivity index (χ2n) is 4.93. The highest BCUT2D eigenvalue weighted by Gasteiger charge is 2.31. The second-order valence-corrected chi connectivity index (χ2v) is 6.63. The normalized spacial score (nSPS) is 23.7. The van der Waals surface area contributed by atoms with Crippen molar-refractivity contribution >= 4 is 11.0 Å². The predicted octanol–water partition coefficient (Wildman–Crippen LogP) is 2.21. The molecule has 2 atom stereocenters. The van der Waals surface area contributed by atoms with Crippen LogP contribution in [-0.2, 0) is 11.0 Å². The summed E-state index contributed by atoms with van der Waals surface area (Å²) in [6.07, 6.45) is 5.07. The average Bonchev–Trinajstić information content (AvgIpc) is 1.80. The van der Waals surface area contributed by atoms with Crippen molar-refractivity contribution in [3.63, 3.8) is 0 Å². The van der Waals surface area contributed by atoms with Crippen LogP contribution in [0.5, 0.6) is 0 Å². The van der Waals surface area contributed by atoms with Gasteiger partial charge in [0.1, 0.15) is 0 Å². The fourth-order valence-electron chi connectivity index (χ4n) is 2.03. The third-order valence-corrected chi connectivity index (χ3v) is 4.57. The van der Waals surface area contributed by atoms with Crippen molar-refractivity contribution < 1.29 is 4.21 Å². The molecule has 2 nitrogen and oxygen atoms in total. The van der Waals surface area contributed by atoms with Crippen molar-refractivity contribution in [3.05, 3.63) is 0 Å². The highest BCUT2D eigenvalue weighted by molar-refractivity contribution is 7.84. The molecular weight excluding hydrogens is 182 g/mol. The van der Waals surface area contributed by atoms with Gasteiger partial charge in [-0.2, -0.15) is 0 Å². The molecule has 2 N–H and O–H groups in total. The van der Waals surface area contributed by atoms with Crippen LogP contribution in [0.4, 0.5) is 0 Å². The fraction of sp³-hybridized carbons (Fsp3) is 1.00. The summed E-state index contributed by atoms with van der Waals surface area (Å²) >= 11 is 0. The lowest BCUT2D eigenvalue weighted by atomic mass is 9.74. The summed E-state index contributed by atoms with van der Waals surface area (Å²) < 4.78 is 11.0. The minimum Gasteiger partial charge on any atom is -0.251 e. The molecule has 0 aromatic rings. The van der Waals surface area contributed by atoms with Gasteiger partial charge in [-0.15, -0.1) is 0 Å². The Bertz CT molecular complexity index is 199. The maximum atomic E-state index is 11.2. The van der Waals surface area contributed by atoms with Crippen LogP contribution >= 0.6 is 0 Å². The Labute approximate surface area is 83.9 Å². The van der Waals surface area contributed by atoms with Gasteiger partial charge in [0.2, 0.25) is 0 Å². The van der Waals surface area contributed by atoms with Gasteiger partial charge in [0, 0.05) is 0 Å². The third kappa shape index (κ3) is 2.78. The largest absolute Gasteiger partial charge is 0.251 e. The molecular formula is C10H21NOS. The van der Waals surface area contributed by atoms with Crippen LogP contribution in [0.2, 0.25) is 0 Å². The minimum absolute atomic E-state index is 0.213. The summed E-state index contributed by atoms with van der Waals surface area (Å²) in [6, 6.07) is 0. The SMILES string of the molecule is C[C@@H](CC(C)(C)S(N)=O)C1CCC1. The monoisotopic (exact) mass is 203 g/mol.